The molecule has 0 spiro atoms. The maximum Gasteiger partial charge on any atom is 0.245 e. The van der Waals surface area contributed by atoms with Crippen molar-refractivity contribution < 1.29 is 4.79 Å². The molecule has 0 amide bonds. The van der Waals surface area contributed by atoms with Gasteiger partial charge in [0, 0.05) is 6.08 Å². The van der Waals surface area contributed by atoms with Gasteiger partial charge in [-0.05, 0) is 56.2 Å². The summed E-state index contributed by atoms with van der Waals surface area (Å²) in [6.45, 7) is 10.1. The molecule has 0 heterocycles. The van der Waals surface area contributed by atoms with Crippen molar-refractivity contribution in [1.29, 1.82) is 0 Å². The first kappa shape index (κ1) is 16.2. The molecule has 17 heavy (non-hydrogen) atoms. The standard InChI is InChI=1S/C15H23ClO/c1-12(2)7-5-8-13(3)9-6-10-14(4)11-15(16)17/h6,10-11,13H,1,5,7-9H2,2-4H3. The molecule has 0 saturated heterocycles. The molecule has 0 aromatic heterocycles. The van der Waals surface area contributed by atoms with Gasteiger partial charge in [0.2, 0.25) is 5.24 Å². The second-order valence-electron chi connectivity index (χ2n) is 4.79. The summed E-state index contributed by atoms with van der Waals surface area (Å²) in [4.78, 5) is 10.6. The Kier molecular flexibility index (Phi) is 8.79. The Labute approximate surface area is 110 Å². The van der Waals surface area contributed by atoms with Gasteiger partial charge in [-0.1, -0.05) is 31.1 Å². The highest BCUT2D eigenvalue weighted by Gasteiger charge is 1.99. The number of carbonyl (C=O) groups is 1. The van der Waals surface area contributed by atoms with Gasteiger partial charge in [0.1, 0.15) is 0 Å². The van der Waals surface area contributed by atoms with E-state index in [1.54, 1.807) is 0 Å². The van der Waals surface area contributed by atoms with Gasteiger partial charge < -0.3 is 0 Å². The zero-order chi connectivity index (χ0) is 13.3. The number of allylic oxidation sites excluding steroid dienone is 5. The molecular weight excluding hydrogens is 232 g/mol. The van der Waals surface area contributed by atoms with Crippen molar-refractivity contribution in [2.45, 2.75) is 46.5 Å². The smallest absolute Gasteiger partial charge is 0.245 e. The van der Waals surface area contributed by atoms with Crippen LogP contribution in [0.25, 0.3) is 0 Å². The summed E-state index contributed by atoms with van der Waals surface area (Å²) < 4.78 is 0. The van der Waals surface area contributed by atoms with Crippen LogP contribution in [0.1, 0.15) is 46.5 Å². The number of hydrogen-bond acceptors (Lipinski definition) is 1. The van der Waals surface area contributed by atoms with Gasteiger partial charge >= 0.3 is 0 Å². The van der Waals surface area contributed by atoms with E-state index in [1.807, 2.05) is 13.0 Å². The van der Waals surface area contributed by atoms with E-state index in [0.717, 1.165) is 18.4 Å². The Hall–Kier alpha value is -0.820. The van der Waals surface area contributed by atoms with Crippen LogP contribution in [0.15, 0.2) is 36.0 Å². The van der Waals surface area contributed by atoms with Gasteiger partial charge in [-0.2, -0.15) is 0 Å². The summed E-state index contributed by atoms with van der Waals surface area (Å²) in [7, 11) is 0. The summed E-state index contributed by atoms with van der Waals surface area (Å²) in [6, 6.07) is 0. The van der Waals surface area contributed by atoms with Crippen molar-refractivity contribution in [2.75, 3.05) is 0 Å². The van der Waals surface area contributed by atoms with Crippen molar-refractivity contribution in [3.05, 3.63) is 36.0 Å². The van der Waals surface area contributed by atoms with E-state index >= 15 is 0 Å². The number of carbonyl (C=O) groups excluding carboxylic acids is 1. The normalized spacial score (nSPS) is 14.0. The molecule has 0 radical (unpaired) electrons. The average Bonchev–Trinajstić information content (AvgIpc) is 2.15. The van der Waals surface area contributed by atoms with Crippen LogP contribution in [0, 0.1) is 5.92 Å². The van der Waals surface area contributed by atoms with Crippen molar-refractivity contribution in [1.82, 2.24) is 0 Å². The zero-order valence-electron chi connectivity index (χ0n) is 11.1. The predicted molar refractivity (Wildman–Crippen MR) is 76.2 cm³/mol. The Morgan fingerprint density at radius 2 is 2.06 bits per heavy atom. The van der Waals surface area contributed by atoms with Crippen LogP contribution < -0.4 is 0 Å². The molecule has 1 unspecified atom stereocenters. The van der Waals surface area contributed by atoms with Gasteiger partial charge in [0.15, 0.2) is 0 Å². The molecule has 2 heteroatoms. The Bertz CT molecular complexity index is 313. The van der Waals surface area contributed by atoms with Crippen LogP contribution in [0.4, 0.5) is 0 Å². The van der Waals surface area contributed by atoms with E-state index in [2.05, 4.69) is 26.5 Å². The third kappa shape index (κ3) is 11.4. The van der Waals surface area contributed by atoms with Crippen LogP contribution in [0.2, 0.25) is 0 Å². The number of hydrogen-bond donors (Lipinski definition) is 0. The Morgan fingerprint density at radius 3 is 2.59 bits per heavy atom. The second kappa shape index (κ2) is 9.23. The highest BCUT2D eigenvalue weighted by Crippen LogP contribution is 2.15. The molecule has 0 aliphatic rings. The van der Waals surface area contributed by atoms with E-state index in [1.165, 1.54) is 24.5 Å². The molecule has 0 aliphatic carbocycles. The monoisotopic (exact) mass is 254 g/mol. The molecule has 0 N–H and O–H groups in total. The third-order valence-corrected chi connectivity index (χ3v) is 2.67. The van der Waals surface area contributed by atoms with Crippen molar-refractivity contribution >= 4 is 16.8 Å². The average molecular weight is 255 g/mol. The molecule has 0 saturated carbocycles. The highest BCUT2D eigenvalue weighted by molar-refractivity contribution is 6.66. The minimum absolute atomic E-state index is 0.415. The SMILES string of the molecule is C=C(C)CCCC(C)CC=CC(C)=CC(=O)Cl. The van der Waals surface area contributed by atoms with E-state index in [0.29, 0.717) is 5.92 Å². The second-order valence-corrected chi connectivity index (χ2v) is 5.16. The quantitative estimate of drug-likeness (QED) is 0.257. The molecule has 0 fully saturated rings. The summed E-state index contributed by atoms with van der Waals surface area (Å²) in [5.74, 6) is 0.671. The summed E-state index contributed by atoms with van der Waals surface area (Å²) in [6.07, 6.45) is 10.1. The minimum atomic E-state index is -0.415. The summed E-state index contributed by atoms with van der Waals surface area (Å²) >= 11 is 5.25. The minimum Gasteiger partial charge on any atom is -0.276 e. The van der Waals surface area contributed by atoms with Crippen LogP contribution in [-0.2, 0) is 4.79 Å². The van der Waals surface area contributed by atoms with Crippen LogP contribution in [0.5, 0.6) is 0 Å². The Morgan fingerprint density at radius 1 is 1.41 bits per heavy atom. The molecule has 0 bridgehead atoms. The molecule has 1 atom stereocenters. The first-order chi connectivity index (χ1) is 7.91. The lowest BCUT2D eigenvalue weighted by atomic mass is 9.98. The van der Waals surface area contributed by atoms with E-state index in [-0.39, 0.29) is 0 Å². The van der Waals surface area contributed by atoms with Gasteiger partial charge in [-0.25, -0.2) is 0 Å². The van der Waals surface area contributed by atoms with Crippen LogP contribution in [0.3, 0.4) is 0 Å². The summed E-state index contributed by atoms with van der Waals surface area (Å²) in [5, 5.41) is -0.415. The molecule has 0 aromatic rings. The highest BCUT2D eigenvalue weighted by atomic mass is 35.5. The predicted octanol–water partition coefficient (Wildman–Crippen LogP) is 5.03. The maximum atomic E-state index is 10.6. The first-order valence-corrected chi connectivity index (χ1v) is 6.48. The van der Waals surface area contributed by atoms with Crippen molar-refractivity contribution in [2.24, 2.45) is 5.92 Å². The van der Waals surface area contributed by atoms with E-state index in [9.17, 15) is 4.79 Å². The largest absolute Gasteiger partial charge is 0.276 e. The van der Waals surface area contributed by atoms with Gasteiger partial charge in [0.25, 0.3) is 0 Å². The molecule has 96 valence electrons. The molecule has 0 aromatic carbocycles. The molecule has 0 rings (SSSR count). The van der Waals surface area contributed by atoms with Gasteiger partial charge in [-0.3, -0.25) is 4.79 Å². The third-order valence-electron chi connectivity index (χ3n) is 2.56. The topological polar surface area (TPSA) is 17.1 Å². The van der Waals surface area contributed by atoms with Crippen molar-refractivity contribution in [3.63, 3.8) is 0 Å². The zero-order valence-corrected chi connectivity index (χ0v) is 11.9. The molecule has 0 aliphatic heterocycles. The summed E-state index contributed by atoms with van der Waals surface area (Å²) in [5.41, 5.74) is 2.16. The van der Waals surface area contributed by atoms with Crippen LogP contribution >= 0.6 is 11.6 Å². The lowest BCUT2D eigenvalue weighted by Gasteiger charge is -2.08. The maximum absolute atomic E-state index is 10.6. The van der Waals surface area contributed by atoms with Crippen molar-refractivity contribution in [3.8, 4) is 0 Å². The fourth-order valence-corrected chi connectivity index (χ4v) is 1.76. The van der Waals surface area contributed by atoms with Gasteiger partial charge in [-0.15, -0.1) is 6.58 Å². The first-order valence-electron chi connectivity index (χ1n) is 6.10. The van der Waals surface area contributed by atoms with E-state index in [4.69, 9.17) is 11.6 Å². The number of rotatable bonds is 8. The number of halogens is 1. The lowest BCUT2D eigenvalue weighted by molar-refractivity contribution is -0.107. The molecular formula is C15H23ClO. The fraction of sp³-hybridized carbons (Fsp3) is 0.533. The van der Waals surface area contributed by atoms with E-state index < -0.39 is 5.24 Å². The van der Waals surface area contributed by atoms with Crippen LogP contribution in [-0.4, -0.2) is 5.24 Å². The lowest BCUT2D eigenvalue weighted by Crippen LogP contribution is -1.92. The Balaban J connectivity index is 3.83. The molecule has 1 nitrogen and oxygen atoms in total. The fourth-order valence-electron chi connectivity index (χ4n) is 1.58. The van der Waals surface area contributed by atoms with Gasteiger partial charge in [0.05, 0.1) is 0 Å².